The second-order valence-corrected chi connectivity index (χ2v) is 4.99. The quantitative estimate of drug-likeness (QED) is 0.799. The van der Waals surface area contributed by atoms with Gasteiger partial charge >= 0.3 is 0 Å². The van der Waals surface area contributed by atoms with Crippen LogP contribution in [0.2, 0.25) is 0 Å². The second kappa shape index (κ2) is 5.87. The van der Waals surface area contributed by atoms with Crippen LogP contribution in [0.15, 0.2) is 24.3 Å². The molecular weight excluding hydrogens is 228 g/mol. The zero-order chi connectivity index (χ0) is 13.0. The van der Waals surface area contributed by atoms with Gasteiger partial charge in [-0.25, -0.2) is 0 Å². The number of amides is 1. The number of aromatic hydroxyl groups is 1. The van der Waals surface area contributed by atoms with Gasteiger partial charge in [0.25, 0.3) is 0 Å². The summed E-state index contributed by atoms with van der Waals surface area (Å²) in [5, 5.41) is 12.5. The first-order valence-electron chi connectivity index (χ1n) is 6.38. The summed E-state index contributed by atoms with van der Waals surface area (Å²) in [6.45, 7) is 1.87. The van der Waals surface area contributed by atoms with Crippen molar-refractivity contribution < 1.29 is 9.90 Å². The monoisotopic (exact) mass is 248 g/mol. The highest BCUT2D eigenvalue weighted by molar-refractivity contribution is 5.77. The molecule has 2 N–H and O–H groups in total. The van der Waals surface area contributed by atoms with Crippen molar-refractivity contribution in [2.24, 2.45) is 5.92 Å². The van der Waals surface area contributed by atoms with Crippen molar-refractivity contribution in [1.82, 2.24) is 10.2 Å². The van der Waals surface area contributed by atoms with E-state index in [1.807, 2.05) is 6.07 Å². The van der Waals surface area contributed by atoms with Gasteiger partial charge in [-0.3, -0.25) is 4.79 Å². The predicted molar refractivity (Wildman–Crippen MR) is 70.2 cm³/mol. The van der Waals surface area contributed by atoms with Crippen molar-refractivity contribution in [2.75, 3.05) is 20.1 Å². The van der Waals surface area contributed by atoms with Crippen LogP contribution in [0.4, 0.5) is 0 Å². The Kier molecular flexibility index (Phi) is 4.20. The Morgan fingerprint density at radius 3 is 2.94 bits per heavy atom. The van der Waals surface area contributed by atoms with Gasteiger partial charge in [0.05, 0.1) is 6.54 Å². The lowest BCUT2D eigenvalue weighted by Gasteiger charge is -2.17. The summed E-state index contributed by atoms with van der Waals surface area (Å²) in [4.78, 5) is 13.5. The fraction of sp³-hybridized carbons (Fsp3) is 0.500. The molecule has 4 nitrogen and oxygen atoms in total. The summed E-state index contributed by atoms with van der Waals surface area (Å²) in [5.74, 6) is 1.10. The van der Waals surface area contributed by atoms with E-state index in [0.717, 1.165) is 18.0 Å². The molecule has 0 bridgehead atoms. The molecule has 0 aromatic heterocycles. The van der Waals surface area contributed by atoms with E-state index >= 15 is 0 Å². The van der Waals surface area contributed by atoms with Crippen LogP contribution >= 0.6 is 0 Å². The van der Waals surface area contributed by atoms with Gasteiger partial charge < -0.3 is 15.3 Å². The maximum Gasteiger partial charge on any atom is 0.236 e. The predicted octanol–water partition coefficient (Wildman–Crippen LogP) is 1.35. The third-order valence-electron chi connectivity index (χ3n) is 3.16. The Labute approximate surface area is 108 Å². The largest absolute Gasteiger partial charge is 0.508 e. The number of benzene rings is 1. The van der Waals surface area contributed by atoms with Crippen LogP contribution in [0.5, 0.6) is 5.75 Å². The normalized spacial score (nSPS) is 14.5. The Bertz CT molecular complexity index is 416. The number of hydrogen-bond donors (Lipinski definition) is 2. The van der Waals surface area contributed by atoms with Crippen LogP contribution in [0.1, 0.15) is 18.4 Å². The summed E-state index contributed by atoms with van der Waals surface area (Å²) in [6.07, 6.45) is 2.58. The average molecular weight is 248 g/mol. The molecule has 2 rings (SSSR count). The first kappa shape index (κ1) is 12.9. The summed E-state index contributed by atoms with van der Waals surface area (Å²) in [6, 6.07) is 7.00. The second-order valence-electron chi connectivity index (χ2n) is 4.99. The Hall–Kier alpha value is -1.55. The lowest BCUT2D eigenvalue weighted by molar-refractivity contribution is -0.129. The minimum atomic E-state index is 0.0824. The Morgan fingerprint density at radius 2 is 2.28 bits per heavy atom. The molecule has 18 heavy (non-hydrogen) atoms. The molecule has 0 unspecified atom stereocenters. The zero-order valence-electron chi connectivity index (χ0n) is 10.7. The molecule has 4 heteroatoms. The van der Waals surface area contributed by atoms with Gasteiger partial charge in [0.1, 0.15) is 5.75 Å². The van der Waals surface area contributed by atoms with E-state index in [9.17, 15) is 9.90 Å². The molecule has 1 aromatic carbocycles. The summed E-state index contributed by atoms with van der Waals surface area (Å²) in [5.41, 5.74) is 0.938. The molecule has 0 atom stereocenters. The van der Waals surface area contributed by atoms with Gasteiger partial charge in [0.15, 0.2) is 0 Å². The summed E-state index contributed by atoms with van der Waals surface area (Å²) < 4.78 is 0. The minimum absolute atomic E-state index is 0.0824. The Balaban J connectivity index is 1.75. The smallest absolute Gasteiger partial charge is 0.236 e. The number of likely N-dealkylation sites (N-methyl/N-ethyl adjacent to an activating group) is 1. The summed E-state index contributed by atoms with van der Waals surface area (Å²) in [7, 11) is 1.78. The SMILES string of the molecule is CN(Cc1cccc(O)c1)C(=O)CNCC1CC1. The van der Waals surface area contributed by atoms with Crippen LogP contribution in [-0.2, 0) is 11.3 Å². The lowest BCUT2D eigenvalue weighted by atomic mass is 10.2. The molecule has 1 aliphatic rings. The molecule has 0 heterocycles. The molecule has 0 aliphatic heterocycles. The van der Waals surface area contributed by atoms with Crippen LogP contribution < -0.4 is 5.32 Å². The maximum atomic E-state index is 11.8. The third kappa shape index (κ3) is 4.04. The van der Waals surface area contributed by atoms with E-state index in [-0.39, 0.29) is 11.7 Å². The highest BCUT2D eigenvalue weighted by Crippen LogP contribution is 2.27. The fourth-order valence-corrected chi connectivity index (χ4v) is 1.86. The van der Waals surface area contributed by atoms with Crippen molar-refractivity contribution in [3.05, 3.63) is 29.8 Å². The molecule has 1 amide bonds. The standard InChI is InChI=1S/C14H20N2O2/c1-16(10-12-3-2-4-13(17)7-12)14(18)9-15-8-11-5-6-11/h2-4,7,11,15,17H,5-6,8-10H2,1H3. The van der Waals surface area contributed by atoms with Gasteiger partial charge in [-0.05, 0) is 43.0 Å². The van der Waals surface area contributed by atoms with Gasteiger partial charge in [0, 0.05) is 13.6 Å². The number of hydrogen-bond acceptors (Lipinski definition) is 3. The highest BCUT2D eigenvalue weighted by Gasteiger charge is 2.21. The minimum Gasteiger partial charge on any atom is -0.508 e. The molecule has 1 saturated carbocycles. The van der Waals surface area contributed by atoms with Crippen LogP contribution in [-0.4, -0.2) is 36.1 Å². The first-order valence-corrected chi connectivity index (χ1v) is 6.38. The summed E-state index contributed by atoms with van der Waals surface area (Å²) >= 11 is 0. The number of carbonyl (C=O) groups is 1. The van der Waals surface area contributed by atoms with Crippen LogP contribution in [0.25, 0.3) is 0 Å². The topological polar surface area (TPSA) is 52.6 Å². The van der Waals surface area contributed by atoms with Gasteiger partial charge in [-0.2, -0.15) is 0 Å². The zero-order valence-corrected chi connectivity index (χ0v) is 10.7. The molecule has 1 aliphatic carbocycles. The number of nitrogens with one attached hydrogen (secondary N) is 1. The number of phenols is 1. The van der Waals surface area contributed by atoms with Crippen LogP contribution in [0.3, 0.4) is 0 Å². The number of rotatable bonds is 6. The number of nitrogens with zero attached hydrogens (tertiary/aromatic N) is 1. The fourth-order valence-electron chi connectivity index (χ4n) is 1.86. The van der Waals surface area contributed by atoms with E-state index in [2.05, 4.69) is 5.32 Å². The van der Waals surface area contributed by atoms with E-state index in [4.69, 9.17) is 0 Å². The molecule has 0 radical (unpaired) electrons. The third-order valence-corrected chi connectivity index (χ3v) is 3.16. The molecule has 0 spiro atoms. The van der Waals surface area contributed by atoms with Gasteiger partial charge in [-0.1, -0.05) is 12.1 Å². The van der Waals surface area contributed by atoms with Gasteiger partial charge in [-0.15, -0.1) is 0 Å². The van der Waals surface area contributed by atoms with Crippen molar-refractivity contribution in [3.63, 3.8) is 0 Å². The van der Waals surface area contributed by atoms with E-state index in [1.165, 1.54) is 12.8 Å². The molecule has 98 valence electrons. The average Bonchev–Trinajstić information content (AvgIpc) is 3.13. The number of carbonyl (C=O) groups excluding carboxylic acids is 1. The molecule has 1 aromatic rings. The van der Waals surface area contributed by atoms with E-state index in [1.54, 1.807) is 30.1 Å². The lowest BCUT2D eigenvalue weighted by Crippen LogP contribution is -2.35. The van der Waals surface area contributed by atoms with Crippen LogP contribution in [0, 0.1) is 5.92 Å². The van der Waals surface area contributed by atoms with E-state index < -0.39 is 0 Å². The van der Waals surface area contributed by atoms with Crippen molar-refractivity contribution in [1.29, 1.82) is 0 Å². The number of phenolic OH excluding ortho intramolecular Hbond substituents is 1. The first-order chi connectivity index (χ1) is 8.65. The maximum absolute atomic E-state index is 11.8. The Morgan fingerprint density at radius 1 is 1.50 bits per heavy atom. The van der Waals surface area contributed by atoms with Gasteiger partial charge in [0.2, 0.25) is 5.91 Å². The van der Waals surface area contributed by atoms with E-state index in [0.29, 0.717) is 13.1 Å². The highest BCUT2D eigenvalue weighted by atomic mass is 16.3. The molecule has 1 fully saturated rings. The van der Waals surface area contributed by atoms with Crippen molar-refractivity contribution >= 4 is 5.91 Å². The van der Waals surface area contributed by atoms with Crippen molar-refractivity contribution in [2.45, 2.75) is 19.4 Å². The van der Waals surface area contributed by atoms with Crippen molar-refractivity contribution in [3.8, 4) is 5.75 Å². The molecule has 0 saturated heterocycles. The molecular formula is C14H20N2O2.